The molecule has 0 aliphatic carbocycles. The zero-order valence-corrected chi connectivity index (χ0v) is 15.5. The second kappa shape index (κ2) is 8.21. The fourth-order valence-electron chi connectivity index (χ4n) is 2.58. The molecule has 26 heavy (non-hydrogen) atoms. The van der Waals surface area contributed by atoms with Crippen molar-refractivity contribution in [2.45, 2.75) is 6.04 Å². The molecule has 1 atom stereocenters. The van der Waals surface area contributed by atoms with Gasteiger partial charge < -0.3 is 10.1 Å². The van der Waals surface area contributed by atoms with Crippen molar-refractivity contribution in [3.8, 4) is 5.75 Å². The monoisotopic (exact) mass is 386 g/mol. The van der Waals surface area contributed by atoms with E-state index < -0.39 is 5.91 Å². The predicted octanol–water partition coefficient (Wildman–Crippen LogP) is 4.92. The molecule has 1 aromatic heterocycles. The van der Waals surface area contributed by atoms with Gasteiger partial charge in [0.15, 0.2) is 0 Å². The molecule has 132 valence electrons. The summed E-state index contributed by atoms with van der Waals surface area (Å²) in [6, 6.07) is 19.9. The zero-order valence-electron chi connectivity index (χ0n) is 13.9. The standard InChI is InChI=1S/C20H16Cl2N2O2/c1-26-15-9-7-14(8-10-15)18(13-5-3-2-4-6-13)24-20(25)19-16(21)11-12-17(22)23-19/h2-12,18H,1H3,(H,24,25). The molecule has 0 saturated heterocycles. The van der Waals surface area contributed by atoms with E-state index in [1.165, 1.54) is 0 Å². The zero-order chi connectivity index (χ0) is 18.5. The van der Waals surface area contributed by atoms with E-state index in [0.717, 1.165) is 16.9 Å². The lowest BCUT2D eigenvalue weighted by molar-refractivity contribution is 0.0938. The molecule has 1 heterocycles. The van der Waals surface area contributed by atoms with Crippen molar-refractivity contribution in [1.82, 2.24) is 10.3 Å². The topological polar surface area (TPSA) is 51.2 Å². The molecule has 0 spiro atoms. The van der Waals surface area contributed by atoms with Crippen LogP contribution in [0, 0.1) is 0 Å². The van der Waals surface area contributed by atoms with Gasteiger partial charge in [0.2, 0.25) is 0 Å². The molecule has 4 nitrogen and oxygen atoms in total. The Hall–Kier alpha value is -2.56. The van der Waals surface area contributed by atoms with E-state index in [4.69, 9.17) is 27.9 Å². The lowest BCUT2D eigenvalue weighted by Crippen LogP contribution is -2.30. The average molecular weight is 387 g/mol. The van der Waals surface area contributed by atoms with Gasteiger partial charge in [0.1, 0.15) is 16.6 Å². The first-order chi connectivity index (χ1) is 12.6. The summed E-state index contributed by atoms with van der Waals surface area (Å²) in [6.45, 7) is 0. The Morgan fingerprint density at radius 3 is 2.27 bits per heavy atom. The lowest BCUT2D eigenvalue weighted by atomic mass is 9.98. The third-order valence-corrected chi connectivity index (χ3v) is 4.40. The van der Waals surface area contributed by atoms with E-state index in [-0.39, 0.29) is 21.9 Å². The van der Waals surface area contributed by atoms with Gasteiger partial charge in [0.05, 0.1) is 18.2 Å². The molecule has 3 aromatic rings. The molecule has 0 bridgehead atoms. The van der Waals surface area contributed by atoms with Crippen LogP contribution in [0.25, 0.3) is 0 Å². The Morgan fingerprint density at radius 2 is 1.62 bits per heavy atom. The SMILES string of the molecule is COc1ccc(C(NC(=O)c2nc(Cl)ccc2Cl)c2ccccc2)cc1. The summed E-state index contributed by atoms with van der Waals surface area (Å²) < 4.78 is 5.20. The molecule has 0 saturated carbocycles. The summed E-state index contributed by atoms with van der Waals surface area (Å²) >= 11 is 12.0. The number of hydrogen-bond acceptors (Lipinski definition) is 3. The summed E-state index contributed by atoms with van der Waals surface area (Å²) in [6.07, 6.45) is 0. The van der Waals surface area contributed by atoms with Crippen LogP contribution in [0.15, 0.2) is 66.7 Å². The smallest absolute Gasteiger partial charge is 0.272 e. The number of carbonyl (C=O) groups is 1. The Bertz CT molecular complexity index is 899. The van der Waals surface area contributed by atoms with E-state index in [0.29, 0.717) is 0 Å². The summed E-state index contributed by atoms with van der Waals surface area (Å²) in [4.78, 5) is 16.8. The van der Waals surface area contributed by atoms with Crippen LogP contribution in [0.1, 0.15) is 27.7 Å². The summed E-state index contributed by atoms with van der Waals surface area (Å²) in [5, 5.41) is 3.44. The van der Waals surface area contributed by atoms with Crippen LogP contribution in [0.3, 0.4) is 0 Å². The van der Waals surface area contributed by atoms with Gasteiger partial charge in [0, 0.05) is 0 Å². The van der Waals surface area contributed by atoms with Crippen molar-refractivity contribution in [2.75, 3.05) is 7.11 Å². The number of nitrogens with zero attached hydrogens (tertiary/aromatic N) is 1. The molecule has 0 aliphatic rings. The van der Waals surface area contributed by atoms with E-state index in [2.05, 4.69) is 10.3 Å². The van der Waals surface area contributed by atoms with Crippen molar-refractivity contribution in [2.24, 2.45) is 0 Å². The van der Waals surface area contributed by atoms with Gasteiger partial charge in [-0.2, -0.15) is 0 Å². The van der Waals surface area contributed by atoms with Gasteiger partial charge in [-0.15, -0.1) is 0 Å². The van der Waals surface area contributed by atoms with Crippen molar-refractivity contribution < 1.29 is 9.53 Å². The van der Waals surface area contributed by atoms with Crippen LogP contribution in [0.5, 0.6) is 5.75 Å². The van der Waals surface area contributed by atoms with Gasteiger partial charge in [-0.25, -0.2) is 4.98 Å². The summed E-state index contributed by atoms with van der Waals surface area (Å²) in [5.41, 5.74) is 1.93. The first-order valence-electron chi connectivity index (χ1n) is 7.90. The van der Waals surface area contributed by atoms with E-state index in [1.54, 1.807) is 19.2 Å². The van der Waals surface area contributed by atoms with Gasteiger partial charge in [-0.1, -0.05) is 65.7 Å². The second-order valence-electron chi connectivity index (χ2n) is 5.55. The highest BCUT2D eigenvalue weighted by Gasteiger charge is 2.20. The quantitative estimate of drug-likeness (QED) is 0.633. The molecule has 0 radical (unpaired) electrons. The number of nitrogens with one attached hydrogen (secondary N) is 1. The Labute approximate surface area is 161 Å². The van der Waals surface area contributed by atoms with E-state index in [9.17, 15) is 4.79 Å². The fourth-order valence-corrected chi connectivity index (χ4v) is 2.92. The Morgan fingerprint density at radius 1 is 0.962 bits per heavy atom. The molecule has 6 heteroatoms. The fraction of sp³-hybridized carbons (Fsp3) is 0.100. The molecular formula is C20H16Cl2N2O2. The molecular weight excluding hydrogens is 371 g/mol. The lowest BCUT2D eigenvalue weighted by Gasteiger charge is -2.20. The minimum Gasteiger partial charge on any atom is -0.497 e. The first kappa shape index (κ1) is 18.2. The minimum absolute atomic E-state index is 0.0913. The van der Waals surface area contributed by atoms with Gasteiger partial charge in [0.25, 0.3) is 5.91 Å². The number of halogens is 2. The predicted molar refractivity (Wildman–Crippen MR) is 103 cm³/mol. The first-order valence-corrected chi connectivity index (χ1v) is 8.66. The maximum Gasteiger partial charge on any atom is 0.272 e. The van der Waals surface area contributed by atoms with E-state index in [1.807, 2.05) is 54.6 Å². The number of amides is 1. The number of benzene rings is 2. The van der Waals surface area contributed by atoms with Crippen molar-refractivity contribution in [3.63, 3.8) is 0 Å². The highest BCUT2D eigenvalue weighted by molar-refractivity contribution is 6.34. The normalized spacial score (nSPS) is 11.7. The molecule has 0 aliphatic heterocycles. The third-order valence-electron chi connectivity index (χ3n) is 3.88. The molecule has 1 amide bonds. The van der Waals surface area contributed by atoms with Crippen LogP contribution in [-0.4, -0.2) is 18.0 Å². The molecule has 1 N–H and O–H groups in total. The third kappa shape index (κ3) is 4.15. The number of carbonyl (C=O) groups excluding carboxylic acids is 1. The molecule has 0 fully saturated rings. The molecule has 1 unspecified atom stereocenters. The molecule has 2 aromatic carbocycles. The minimum atomic E-state index is -0.401. The number of methoxy groups -OCH3 is 1. The highest BCUT2D eigenvalue weighted by atomic mass is 35.5. The maximum absolute atomic E-state index is 12.8. The maximum atomic E-state index is 12.8. The largest absolute Gasteiger partial charge is 0.497 e. The van der Waals surface area contributed by atoms with Crippen molar-refractivity contribution in [1.29, 1.82) is 0 Å². The van der Waals surface area contributed by atoms with Gasteiger partial charge in [-0.3, -0.25) is 4.79 Å². The number of hydrogen-bond donors (Lipinski definition) is 1. The number of pyridine rings is 1. The Kier molecular flexibility index (Phi) is 5.76. The average Bonchev–Trinajstić information content (AvgIpc) is 2.68. The van der Waals surface area contributed by atoms with Crippen molar-refractivity contribution >= 4 is 29.1 Å². The van der Waals surface area contributed by atoms with Crippen LogP contribution >= 0.6 is 23.2 Å². The van der Waals surface area contributed by atoms with Crippen LogP contribution in [-0.2, 0) is 0 Å². The van der Waals surface area contributed by atoms with Gasteiger partial charge in [-0.05, 0) is 35.4 Å². The molecule has 3 rings (SSSR count). The highest BCUT2D eigenvalue weighted by Crippen LogP contribution is 2.25. The number of aromatic nitrogens is 1. The Balaban J connectivity index is 1.95. The van der Waals surface area contributed by atoms with Crippen molar-refractivity contribution in [3.05, 3.63) is 93.7 Å². The second-order valence-corrected chi connectivity index (χ2v) is 6.35. The van der Waals surface area contributed by atoms with Gasteiger partial charge >= 0.3 is 0 Å². The van der Waals surface area contributed by atoms with Crippen LogP contribution in [0.4, 0.5) is 0 Å². The van der Waals surface area contributed by atoms with E-state index >= 15 is 0 Å². The summed E-state index contributed by atoms with van der Waals surface area (Å²) in [5.74, 6) is 0.341. The van der Waals surface area contributed by atoms with Crippen LogP contribution < -0.4 is 10.1 Å². The summed E-state index contributed by atoms with van der Waals surface area (Å²) in [7, 11) is 1.61. The number of rotatable bonds is 5. The van der Waals surface area contributed by atoms with Crippen LogP contribution in [0.2, 0.25) is 10.2 Å². The number of ether oxygens (including phenoxy) is 1.